The van der Waals surface area contributed by atoms with Gasteiger partial charge in [-0.15, -0.1) is 0 Å². The van der Waals surface area contributed by atoms with Gasteiger partial charge in [-0.1, -0.05) is 80.1 Å². The van der Waals surface area contributed by atoms with Crippen LogP contribution in [0.2, 0.25) is 5.02 Å². The topological polar surface area (TPSA) is 79.5 Å². The summed E-state index contributed by atoms with van der Waals surface area (Å²) in [5.74, 6) is 0.366. The van der Waals surface area contributed by atoms with Crippen LogP contribution in [0.15, 0.2) is 60.7 Å². The molecule has 3 rings (SSSR count). The predicted molar refractivity (Wildman–Crippen MR) is 154 cm³/mol. The Morgan fingerprint density at radius 3 is 2.45 bits per heavy atom. The Kier molecular flexibility index (Phi) is 11.8. The SMILES string of the molecule is CNC[C@H](CC1CCCCC1)NC(=O)c1cccc([C@](C/C=C/COC)(NC(C)=O)c2cccc(Cl)c2)c1. The van der Waals surface area contributed by atoms with E-state index in [1.165, 1.54) is 39.0 Å². The molecule has 0 bridgehead atoms. The first-order valence-corrected chi connectivity index (χ1v) is 14.0. The molecule has 3 N–H and O–H groups in total. The minimum absolute atomic E-state index is 0.0595. The molecule has 0 radical (unpaired) electrons. The van der Waals surface area contributed by atoms with Gasteiger partial charge in [0.05, 0.1) is 12.1 Å². The molecule has 1 saturated carbocycles. The molecule has 2 aromatic rings. The molecule has 0 spiro atoms. The number of rotatable bonds is 13. The summed E-state index contributed by atoms with van der Waals surface area (Å²) < 4.78 is 5.18. The van der Waals surface area contributed by atoms with Gasteiger partial charge in [0.25, 0.3) is 5.91 Å². The number of carbonyl (C=O) groups excluding carboxylic acids is 2. The van der Waals surface area contributed by atoms with E-state index in [4.69, 9.17) is 16.3 Å². The van der Waals surface area contributed by atoms with Crippen molar-refractivity contribution in [3.63, 3.8) is 0 Å². The molecule has 1 aliphatic carbocycles. The van der Waals surface area contributed by atoms with E-state index in [9.17, 15) is 9.59 Å². The molecule has 206 valence electrons. The molecule has 0 saturated heterocycles. The van der Waals surface area contributed by atoms with E-state index in [-0.39, 0.29) is 17.9 Å². The number of hydrogen-bond acceptors (Lipinski definition) is 4. The van der Waals surface area contributed by atoms with Gasteiger partial charge in [-0.3, -0.25) is 9.59 Å². The number of hydrogen-bond donors (Lipinski definition) is 3. The van der Waals surface area contributed by atoms with Crippen molar-refractivity contribution in [2.75, 3.05) is 27.3 Å². The average molecular weight is 540 g/mol. The van der Waals surface area contributed by atoms with Crippen LogP contribution in [0.25, 0.3) is 0 Å². The molecule has 2 amide bonds. The summed E-state index contributed by atoms with van der Waals surface area (Å²) in [5, 5.41) is 10.3. The Bertz CT molecular complexity index is 1080. The number of likely N-dealkylation sites (N-methyl/N-ethyl adjacent to an activating group) is 1. The minimum atomic E-state index is -0.913. The highest BCUT2D eigenvalue weighted by molar-refractivity contribution is 6.30. The summed E-state index contributed by atoms with van der Waals surface area (Å²) in [5.41, 5.74) is 1.29. The molecule has 2 atom stereocenters. The highest BCUT2D eigenvalue weighted by Gasteiger charge is 2.35. The standard InChI is InChI=1S/C31H42ClN3O3/c1-23(36)35-31(17-7-8-18-38-3,27-15-10-16-28(32)21-27)26-14-9-13-25(20-26)30(37)34-29(22-33-2)19-24-11-5-4-6-12-24/h7-10,13-16,20-21,24,29,33H,4-6,11-12,17-19,22H2,1-3H3,(H,34,37)(H,35,36)/b8-7+/t29-,31-/m0/s1. The lowest BCUT2D eigenvalue weighted by atomic mass is 9.79. The van der Waals surface area contributed by atoms with Crippen molar-refractivity contribution in [3.8, 4) is 0 Å². The molecular formula is C31H42ClN3O3. The van der Waals surface area contributed by atoms with E-state index in [2.05, 4.69) is 16.0 Å². The minimum Gasteiger partial charge on any atom is -0.381 e. The van der Waals surface area contributed by atoms with Crippen LogP contribution in [0.1, 0.15) is 73.4 Å². The molecule has 2 aromatic carbocycles. The second-order valence-corrected chi connectivity index (χ2v) is 10.7. The van der Waals surface area contributed by atoms with Gasteiger partial charge in [0, 0.05) is 37.2 Å². The summed E-state index contributed by atoms with van der Waals surface area (Å²) in [6.45, 7) is 2.69. The number of ether oxygens (including phenoxy) is 1. The monoisotopic (exact) mass is 539 g/mol. The van der Waals surface area contributed by atoms with Gasteiger partial charge in [-0.25, -0.2) is 0 Å². The fourth-order valence-electron chi connectivity index (χ4n) is 5.54. The van der Waals surface area contributed by atoms with Crippen molar-refractivity contribution >= 4 is 23.4 Å². The zero-order chi connectivity index (χ0) is 27.4. The largest absolute Gasteiger partial charge is 0.381 e. The first-order chi connectivity index (χ1) is 18.4. The fraction of sp³-hybridized carbons (Fsp3) is 0.484. The molecule has 1 aliphatic rings. The second kappa shape index (κ2) is 15.1. The van der Waals surface area contributed by atoms with Crippen LogP contribution in [0.5, 0.6) is 0 Å². The molecular weight excluding hydrogens is 498 g/mol. The number of benzene rings is 2. The summed E-state index contributed by atoms with van der Waals surface area (Å²) in [4.78, 5) is 26.0. The third kappa shape index (κ3) is 8.42. The van der Waals surface area contributed by atoms with Crippen LogP contribution < -0.4 is 16.0 Å². The number of halogens is 1. The number of amides is 2. The molecule has 6 nitrogen and oxygen atoms in total. The van der Waals surface area contributed by atoms with Crippen molar-refractivity contribution in [3.05, 3.63) is 82.4 Å². The highest BCUT2D eigenvalue weighted by Crippen LogP contribution is 2.36. The third-order valence-corrected chi connectivity index (χ3v) is 7.54. The molecule has 0 heterocycles. The van der Waals surface area contributed by atoms with E-state index in [0.29, 0.717) is 29.5 Å². The Balaban J connectivity index is 1.95. The van der Waals surface area contributed by atoms with E-state index >= 15 is 0 Å². The third-order valence-electron chi connectivity index (χ3n) is 7.31. The van der Waals surface area contributed by atoms with Gasteiger partial charge >= 0.3 is 0 Å². The van der Waals surface area contributed by atoms with Crippen molar-refractivity contribution in [2.24, 2.45) is 5.92 Å². The molecule has 38 heavy (non-hydrogen) atoms. The number of methoxy groups -OCH3 is 1. The van der Waals surface area contributed by atoms with E-state index in [1.54, 1.807) is 7.11 Å². The van der Waals surface area contributed by atoms with Crippen LogP contribution in [0, 0.1) is 5.92 Å². The quantitative estimate of drug-likeness (QED) is 0.289. The Morgan fingerprint density at radius 2 is 1.79 bits per heavy atom. The lowest BCUT2D eigenvalue weighted by molar-refractivity contribution is -0.120. The average Bonchev–Trinajstić information content (AvgIpc) is 2.91. The Morgan fingerprint density at radius 1 is 1.08 bits per heavy atom. The molecule has 1 fully saturated rings. The lowest BCUT2D eigenvalue weighted by Gasteiger charge is -2.35. The molecule has 0 aromatic heterocycles. The maximum Gasteiger partial charge on any atom is 0.251 e. The van der Waals surface area contributed by atoms with E-state index in [1.807, 2.05) is 67.7 Å². The van der Waals surface area contributed by atoms with Gasteiger partial charge in [0.2, 0.25) is 5.91 Å². The maximum atomic E-state index is 13.5. The molecule has 0 unspecified atom stereocenters. The zero-order valence-electron chi connectivity index (χ0n) is 22.9. The first kappa shape index (κ1) is 29.9. The second-order valence-electron chi connectivity index (χ2n) is 10.3. The van der Waals surface area contributed by atoms with Crippen molar-refractivity contribution in [1.82, 2.24) is 16.0 Å². The maximum absolute atomic E-state index is 13.5. The zero-order valence-corrected chi connectivity index (χ0v) is 23.7. The smallest absolute Gasteiger partial charge is 0.251 e. The van der Waals surface area contributed by atoms with Crippen molar-refractivity contribution < 1.29 is 14.3 Å². The van der Waals surface area contributed by atoms with Crippen LogP contribution in [-0.2, 0) is 15.1 Å². The highest BCUT2D eigenvalue weighted by atomic mass is 35.5. The van der Waals surface area contributed by atoms with Gasteiger partial charge in [-0.05, 0) is 61.2 Å². The predicted octanol–water partition coefficient (Wildman–Crippen LogP) is 5.60. The number of nitrogens with one attached hydrogen (secondary N) is 3. The van der Waals surface area contributed by atoms with E-state index in [0.717, 1.165) is 24.1 Å². The van der Waals surface area contributed by atoms with E-state index < -0.39 is 5.54 Å². The Hall–Kier alpha value is -2.67. The van der Waals surface area contributed by atoms with Gasteiger partial charge in [0.1, 0.15) is 0 Å². The summed E-state index contributed by atoms with van der Waals surface area (Å²) in [6, 6.07) is 15.1. The lowest BCUT2D eigenvalue weighted by Crippen LogP contribution is -2.46. The Labute approximate surface area is 232 Å². The van der Waals surface area contributed by atoms with Gasteiger partial charge in [0.15, 0.2) is 0 Å². The van der Waals surface area contributed by atoms with Crippen LogP contribution in [0.4, 0.5) is 0 Å². The van der Waals surface area contributed by atoms with Crippen molar-refractivity contribution in [2.45, 2.75) is 63.5 Å². The van der Waals surface area contributed by atoms with Crippen LogP contribution in [0.3, 0.4) is 0 Å². The van der Waals surface area contributed by atoms with Gasteiger partial charge < -0.3 is 20.7 Å². The summed E-state index contributed by atoms with van der Waals surface area (Å²) >= 11 is 6.39. The summed E-state index contributed by atoms with van der Waals surface area (Å²) in [6.07, 6.45) is 11.7. The fourth-order valence-corrected chi connectivity index (χ4v) is 5.73. The summed E-state index contributed by atoms with van der Waals surface area (Å²) in [7, 11) is 3.56. The van der Waals surface area contributed by atoms with Gasteiger partial charge in [-0.2, -0.15) is 0 Å². The number of carbonyl (C=O) groups is 2. The molecule has 7 heteroatoms. The molecule has 0 aliphatic heterocycles. The van der Waals surface area contributed by atoms with Crippen LogP contribution >= 0.6 is 11.6 Å². The van der Waals surface area contributed by atoms with Crippen molar-refractivity contribution in [1.29, 1.82) is 0 Å². The normalized spacial score (nSPS) is 16.6. The first-order valence-electron chi connectivity index (χ1n) is 13.6. The van der Waals surface area contributed by atoms with Crippen LogP contribution in [-0.4, -0.2) is 45.2 Å².